The van der Waals surface area contributed by atoms with E-state index in [1.54, 1.807) is 19.2 Å². The van der Waals surface area contributed by atoms with Crippen LogP contribution >= 0.6 is 0 Å². The van der Waals surface area contributed by atoms with Crippen molar-refractivity contribution in [1.29, 1.82) is 0 Å². The van der Waals surface area contributed by atoms with E-state index in [9.17, 15) is 18.4 Å². The molecule has 0 fully saturated rings. The van der Waals surface area contributed by atoms with Crippen LogP contribution in [0.5, 0.6) is 0 Å². The SMILES string of the molecule is CN1C(=O)Cc2cc(C(=O)c3cccc(F)c3F)ccc21. The average Bonchev–Trinajstić information content (AvgIpc) is 2.76. The zero-order valence-electron chi connectivity index (χ0n) is 11.2. The molecule has 1 aliphatic rings. The van der Waals surface area contributed by atoms with Crippen LogP contribution in [0.15, 0.2) is 36.4 Å². The molecule has 106 valence electrons. The number of anilines is 1. The van der Waals surface area contributed by atoms with Crippen LogP contribution in [-0.2, 0) is 11.2 Å². The Bertz CT molecular complexity index is 771. The molecule has 21 heavy (non-hydrogen) atoms. The number of likely N-dealkylation sites (N-methyl/N-ethyl adjacent to an activating group) is 1. The minimum Gasteiger partial charge on any atom is -0.315 e. The van der Waals surface area contributed by atoms with Crippen molar-refractivity contribution in [3.63, 3.8) is 0 Å². The Hall–Kier alpha value is -2.56. The number of carbonyl (C=O) groups is 2. The van der Waals surface area contributed by atoms with Crippen LogP contribution in [0.1, 0.15) is 21.5 Å². The van der Waals surface area contributed by atoms with Gasteiger partial charge in [0.25, 0.3) is 0 Å². The van der Waals surface area contributed by atoms with Gasteiger partial charge >= 0.3 is 0 Å². The van der Waals surface area contributed by atoms with E-state index >= 15 is 0 Å². The fourth-order valence-corrected chi connectivity index (χ4v) is 2.45. The van der Waals surface area contributed by atoms with Crippen LogP contribution in [-0.4, -0.2) is 18.7 Å². The van der Waals surface area contributed by atoms with Gasteiger partial charge in [-0.2, -0.15) is 0 Å². The Labute approximate surface area is 119 Å². The lowest BCUT2D eigenvalue weighted by Crippen LogP contribution is -2.20. The minimum atomic E-state index is -1.16. The van der Waals surface area contributed by atoms with Gasteiger partial charge in [0.2, 0.25) is 5.91 Å². The van der Waals surface area contributed by atoms with Crippen LogP contribution < -0.4 is 4.90 Å². The largest absolute Gasteiger partial charge is 0.315 e. The first-order valence-electron chi connectivity index (χ1n) is 6.37. The highest BCUT2D eigenvalue weighted by Crippen LogP contribution is 2.29. The lowest BCUT2D eigenvalue weighted by molar-refractivity contribution is -0.117. The zero-order valence-corrected chi connectivity index (χ0v) is 11.2. The van der Waals surface area contributed by atoms with Crippen molar-refractivity contribution in [2.75, 3.05) is 11.9 Å². The van der Waals surface area contributed by atoms with E-state index in [-0.39, 0.29) is 23.5 Å². The van der Waals surface area contributed by atoms with Gasteiger partial charge in [-0.3, -0.25) is 9.59 Å². The number of nitrogens with zero attached hydrogens (tertiary/aromatic N) is 1. The topological polar surface area (TPSA) is 37.4 Å². The summed E-state index contributed by atoms with van der Waals surface area (Å²) >= 11 is 0. The monoisotopic (exact) mass is 287 g/mol. The van der Waals surface area contributed by atoms with Gasteiger partial charge in [-0.1, -0.05) is 6.07 Å². The van der Waals surface area contributed by atoms with Crippen LogP contribution in [0, 0.1) is 11.6 Å². The molecular formula is C16H11F2NO2. The number of halogens is 2. The third kappa shape index (κ3) is 2.11. The quantitative estimate of drug-likeness (QED) is 0.796. The molecule has 0 saturated heterocycles. The Morgan fingerprint density at radius 3 is 2.71 bits per heavy atom. The van der Waals surface area contributed by atoms with E-state index < -0.39 is 17.4 Å². The number of amides is 1. The van der Waals surface area contributed by atoms with Crippen LogP contribution in [0.25, 0.3) is 0 Å². The molecule has 1 aliphatic heterocycles. The third-order valence-electron chi connectivity index (χ3n) is 3.62. The summed E-state index contributed by atoms with van der Waals surface area (Å²) in [6.07, 6.45) is 0.207. The molecule has 0 radical (unpaired) electrons. The average molecular weight is 287 g/mol. The second-order valence-corrected chi connectivity index (χ2v) is 4.90. The maximum absolute atomic E-state index is 13.7. The molecule has 0 saturated carbocycles. The predicted molar refractivity (Wildman–Crippen MR) is 73.3 cm³/mol. The van der Waals surface area contributed by atoms with Gasteiger partial charge in [0.15, 0.2) is 17.4 Å². The summed E-state index contributed by atoms with van der Waals surface area (Å²) in [6, 6.07) is 8.21. The van der Waals surface area contributed by atoms with Gasteiger partial charge in [0, 0.05) is 18.3 Å². The molecule has 1 amide bonds. The molecule has 2 aromatic rings. The Balaban J connectivity index is 2.02. The van der Waals surface area contributed by atoms with E-state index in [1.807, 2.05) is 0 Å². The van der Waals surface area contributed by atoms with Crippen LogP contribution in [0.4, 0.5) is 14.5 Å². The van der Waals surface area contributed by atoms with Crippen molar-refractivity contribution in [3.8, 4) is 0 Å². The molecule has 2 aromatic carbocycles. The highest BCUT2D eigenvalue weighted by molar-refractivity contribution is 6.10. The Morgan fingerprint density at radius 2 is 1.95 bits per heavy atom. The Kier molecular flexibility index (Phi) is 3.05. The molecule has 0 spiro atoms. The first-order valence-corrected chi connectivity index (χ1v) is 6.37. The summed E-state index contributed by atoms with van der Waals surface area (Å²) in [4.78, 5) is 25.4. The predicted octanol–water partition coefficient (Wildman–Crippen LogP) is 2.71. The molecular weight excluding hydrogens is 276 g/mol. The van der Waals surface area contributed by atoms with E-state index in [1.165, 1.54) is 23.1 Å². The highest BCUT2D eigenvalue weighted by Gasteiger charge is 2.25. The first kappa shape index (κ1) is 13.4. The van der Waals surface area contributed by atoms with Gasteiger partial charge in [-0.15, -0.1) is 0 Å². The number of carbonyl (C=O) groups excluding carboxylic acids is 2. The fraction of sp³-hybridized carbons (Fsp3) is 0.125. The number of ketones is 1. The maximum Gasteiger partial charge on any atom is 0.231 e. The fourth-order valence-electron chi connectivity index (χ4n) is 2.45. The van der Waals surface area contributed by atoms with Crippen molar-refractivity contribution in [1.82, 2.24) is 0 Å². The van der Waals surface area contributed by atoms with Crippen molar-refractivity contribution < 1.29 is 18.4 Å². The van der Waals surface area contributed by atoms with Gasteiger partial charge in [-0.25, -0.2) is 8.78 Å². The lowest BCUT2D eigenvalue weighted by atomic mass is 9.99. The van der Waals surface area contributed by atoms with E-state index in [0.29, 0.717) is 5.56 Å². The molecule has 0 N–H and O–H groups in total. The summed E-state index contributed by atoms with van der Waals surface area (Å²) in [7, 11) is 1.65. The van der Waals surface area contributed by atoms with Crippen LogP contribution in [0.2, 0.25) is 0 Å². The van der Waals surface area contributed by atoms with Gasteiger partial charge in [0.05, 0.1) is 12.0 Å². The van der Waals surface area contributed by atoms with Crippen molar-refractivity contribution in [2.24, 2.45) is 0 Å². The van der Waals surface area contributed by atoms with Crippen molar-refractivity contribution in [2.45, 2.75) is 6.42 Å². The van der Waals surface area contributed by atoms with Gasteiger partial charge in [0.1, 0.15) is 0 Å². The van der Waals surface area contributed by atoms with Gasteiger partial charge in [-0.05, 0) is 35.9 Å². The number of rotatable bonds is 2. The first-order chi connectivity index (χ1) is 9.99. The van der Waals surface area contributed by atoms with Crippen LogP contribution in [0.3, 0.4) is 0 Å². The van der Waals surface area contributed by atoms with Crippen molar-refractivity contribution >= 4 is 17.4 Å². The summed E-state index contributed by atoms with van der Waals surface area (Å²) in [5.74, 6) is -2.88. The van der Waals surface area contributed by atoms with Gasteiger partial charge < -0.3 is 4.90 Å². The van der Waals surface area contributed by atoms with Crippen molar-refractivity contribution in [3.05, 3.63) is 64.7 Å². The molecule has 1 heterocycles. The third-order valence-corrected chi connectivity index (χ3v) is 3.62. The molecule has 0 aliphatic carbocycles. The maximum atomic E-state index is 13.7. The molecule has 0 atom stereocenters. The minimum absolute atomic E-state index is 0.0634. The zero-order chi connectivity index (χ0) is 15.1. The number of hydrogen-bond donors (Lipinski definition) is 0. The lowest BCUT2D eigenvalue weighted by Gasteiger charge is -2.10. The van der Waals surface area contributed by atoms with E-state index in [0.717, 1.165) is 11.8 Å². The standard InChI is InChI=1S/C16H11F2NO2/c1-19-13-6-5-9(7-10(13)8-14(19)20)16(21)11-3-2-4-12(17)15(11)18/h2-7H,8H2,1H3. The molecule has 0 bridgehead atoms. The number of fused-ring (bicyclic) bond motifs is 1. The summed E-state index contributed by atoms with van der Waals surface area (Å²) in [5.41, 5.74) is 1.37. The summed E-state index contributed by atoms with van der Waals surface area (Å²) < 4.78 is 26.9. The molecule has 0 unspecified atom stereocenters. The molecule has 0 aromatic heterocycles. The smallest absolute Gasteiger partial charge is 0.231 e. The molecule has 3 nitrogen and oxygen atoms in total. The van der Waals surface area contributed by atoms with E-state index in [4.69, 9.17) is 0 Å². The summed E-state index contributed by atoms with van der Waals surface area (Å²) in [5, 5.41) is 0. The number of benzene rings is 2. The second kappa shape index (κ2) is 4.77. The highest BCUT2D eigenvalue weighted by atomic mass is 19.2. The molecule has 5 heteroatoms. The number of hydrogen-bond acceptors (Lipinski definition) is 2. The summed E-state index contributed by atoms with van der Waals surface area (Å²) in [6.45, 7) is 0. The Morgan fingerprint density at radius 1 is 1.19 bits per heavy atom. The molecule has 3 rings (SSSR count). The normalized spacial score (nSPS) is 13.5. The second-order valence-electron chi connectivity index (χ2n) is 4.90. The van der Waals surface area contributed by atoms with E-state index in [2.05, 4.69) is 0 Å².